The first-order valence-electron chi connectivity index (χ1n) is 9.26. The van der Waals surface area contributed by atoms with Crippen LogP contribution in [0.5, 0.6) is 5.75 Å². The van der Waals surface area contributed by atoms with Crippen LogP contribution < -0.4 is 4.74 Å². The van der Waals surface area contributed by atoms with E-state index in [0.717, 1.165) is 11.6 Å². The molecule has 1 aromatic heterocycles. The third kappa shape index (κ3) is 4.29. The SMILES string of the molecule is Cc1ccccc1-c1ccc(-c2nc(-c3ccccc3OC(F)(F)F)no2)cc1[N+](=O)[O-]. The Morgan fingerprint density at radius 1 is 0.969 bits per heavy atom. The fraction of sp³-hybridized carbons (Fsp3) is 0.0909. The maximum atomic E-state index is 12.7. The minimum atomic E-state index is -4.89. The van der Waals surface area contributed by atoms with E-state index in [0.29, 0.717) is 11.1 Å². The van der Waals surface area contributed by atoms with E-state index in [4.69, 9.17) is 4.52 Å². The molecular formula is C22H14F3N3O4. The zero-order valence-electron chi connectivity index (χ0n) is 16.5. The smallest absolute Gasteiger partial charge is 0.405 e. The molecule has 0 N–H and O–H groups in total. The van der Waals surface area contributed by atoms with Crippen LogP contribution in [0.15, 0.2) is 71.3 Å². The van der Waals surface area contributed by atoms with Crippen molar-refractivity contribution in [3.63, 3.8) is 0 Å². The van der Waals surface area contributed by atoms with Crippen LogP contribution in [0.3, 0.4) is 0 Å². The van der Waals surface area contributed by atoms with E-state index < -0.39 is 17.0 Å². The van der Waals surface area contributed by atoms with E-state index in [-0.39, 0.29) is 28.5 Å². The van der Waals surface area contributed by atoms with Gasteiger partial charge in [0.2, 0.25) is 5.82 Å². The minimum absolute atomic E-state index is 0.0362. The van der Waals surface area contributed by atoms with Crippen molar-refractivity contribution in [1.82, 2.24) is 10.1 Å². The Kier molecular flexibility index (Phi) is 5.35. The average molecular weight is 441 g/mol. The number of benzene rings is 3. The number of hydrogen-bond donors (Lipinski definition) is 0. The van der Waals surface area contributed by atoms with Gasteiger partial charge in [-0.2, -0.15) is 4.98 Å². The maximum Gasteiger partial charge on any atom is 0.573 e. The van der Waals surface area contributed by atoms with Gasteiger partial charge in [-0.3, -0.25) is 10.1 Å². The lowest BCUT2D eigenvalue weighted by Gasteiger charge is -2.10. The van der Waals surface area contributed by atoms with Gasteiger partial charge in [0.15, 0.2) is 0 Å². The van der Waals surface area contributed by atoms with Gasteiger partial charge >= 0.3 is 6.36 Å². The van der Waals surface area contributed by atoms with Gasteiger partial charge in [0.1, 0.15) is 5.75 Å². The van der Waals surface area contributed by atoms with Crippen molar-refractivity contribution in [3.8, 4) is 39.7 Å². The van der Waals surface area contributed by atoms with Crippen molar-refractivity contribution in [2.75, 3.05) is 0 Å². The fourth-order valence-electron chi connectivity index (χ4n) is 3.23. The number of nitro groups is 1. The van der Waals surface area contributed by atoms with Gasteiger partial charge in [0.05, 0.1) is 16.1 Å². The van der Waals surface area contributed by atoms with Crippen molar-refractivity contribution >= 4 is 5.69 Å². The summed E-state index contributed by atoms with van der Waals surface area (Å²) >= 11 is 0. The highest BCUT2D eigenvalue weighted by atomic mass is 19.4. The van der Waals surface area contributed by atoms with Crippen LogP contribution in [-0.2, 0) is 0 Å². The number of alkyl halides is 3. The molecule has 0 saturated heterocycles. The zero-order chi connectivity index (χ0) is 22.9. The molecule has 0 unspecified atom stereocenters. The summed E-state index contributed by atoms with van der Waals surface area (Å²) < 4.78 is 47.2. The van der Waals surface area contributed by atoms with Crippen molar-refractivity contribution in [2.24, 2.45) is 0 Å². The first-order chi connectivity index (χ1) is 15.2. The third-order valence-corrected chi connectivity index (χ3v) is 4.66. The number of para-hydroxylation sites is 1. The molecule has 7 nitrogen and oxygen atoms in total. The predicted molar refractivity (Wildman–Crippen MR) is 109 cm³/mol. The Labute approximate surface area is 179 Å². The zero-order valence-corrected chi connectivity index (χ0v) is 16.5. The number of aromatic nitrogens is 2. The Bertz CT molecular complexity index is 1300. The molecule has 0 spiro atoms. The highest BCUT2D eigenvalue weighted by Crippen LogP contribution is 2.37. The molecule has 10 heteroatoms. The molecular weight excluding hydrogens is 427 g/mol. The summed E-state index contributed by atoms with van der Waals surface area (Å²) in [6, 6.07) is 17.0. The maximum absolute atomic E-state index is 12.7. The lowest BCUT2D eigenvalue weighted by molar-refractivity contribution is -0.384. The molecule has 0 radical (unpaired) electrons. The van der Waals surface area contributed by atoms with E-state index in [1.165, 1.54) is 24.3 Å². The Hall–Kier alpha value is -4.21. The molecule has 0 aliphatic carbocycles. The highest BCUT2D eigenvalue weighted by molar-refractivity contribution is 5.79. The summed E-state index contributed by atoms with van der Waals surface area (Å²) in [5, 5.41) is 15.4. The summed E-state index contributed by atoms with van der Waals surface area (Å²) in [5.41, 5.74) is 2.03. The van der Waals surface area contributed by atoms with Crippen LogP contribution in [0.2, 0.25) is 0 Å². The third-order valence-electron chi connectivity index (χ3n) is 4.66. The quantitative estimate of drug-likeness (QED) is 0.271. The van der Waals surface area contributed by atoms with Crippen LogP contribution in [0.25, 0.3) is 34.0 Å². The molecule has 0 fully saturated rings. The molecule has 0 amide bonds. The van der Waals surface area contributed by atoms with Crippen LogP contribution in [-0.4, -0.2) is 21.4 Å². The van der Waals surface area contributed by atoms with Crippen LogP contribution in [0.1, 0.15) is 5.56 Å². The molecule has 0 atom stereocenters. The first-order valence-corrected chi connectivity index (χ1v) is 9.26. The number of aryl methyl sites for hydroxylation is 1. The Balaban J connectivity index is 1.74. The molecule has 0 bridgehead atoms. The summed E-state index contributed by atoms with van der Waals surface area (Å²) in [7, 11) is 0. The Morgan fingerprint density at radius 2 is 1.66 bits per heavy atom. The van der Waals surface area contributed by atoms with Gasteiger partial charge in [-0.1, -0.05) is 41.6 Å². The number of nitro benzene ring substituents is 1. The van der Waals surface area contributed by atoms with Gasteiger partial charge < -0.3 is 9.26 Å². The number of ether oxygens (including phenoxy) is 1. The van der Waals surface area contributed by atoms with Crippen LogP contribution in [0, 0.1) is 17.0 Å². The van der Waals surface area contributed by atoms with Gasteiger partial charge in [-0.15, -0.1) is 13.2 Å². The number of hydrogen-bond acceptors (Lipinski definition) is 6. The summed E-state index contributed by atoms with van der Waals surface area (Å²) in [6.07, 6.45) is -4.89. The van der Waals surface area contributed by atoms with Gasteiger partial charge in [-0.25, -0.2) is 0 Å². The number of halogens is 3. The summed E-state index contributed by atoms with van der Waals surface area (Å²) in [6.45, 7) is 1.84. The topological polar surface area (TPSA) is 91.3 Å². The minimum Gasteiger partial charge on any atom is -0.405 e. The molecule has 4 rings (SSSR count). The van der Waals surface area contributed by atoms with Crippen LogP contribution >= 0.6 is 0 Å². The van der Waals surface area contributed by atoms with E-state index >= 15 is 0 Å². The van der Waals surface area contributed by atoms with Gasteiger partial charge in [-0.05, 0) is 42.3 Å². The molecule has 162 valence electrons. The first kappa shape index (κ1) is 21.0. The molecule has 0 saturated carbocycles. The van der Waals surface area contributed by atoms with Crippen molar-refractivity contribution in [2.45, 2.75) is 13.3 Å². The molecule has 4 aromatic rings. The fourth-order valence-corrected chi connectivity index (χ4v) is 3.23. The Morgan fingerprint density at radius 3 is 2.34 bits per heavy atom. The van der Waals surface area contributed by atoms with E-state index in [2.05, 4.69) is 14.9 Å². The summed E-state index contributed by atoms with van der Waals surface area (Å²) in [4.78, 5) is 15.3. The molecule has 0 aliphatic rings. The van der Waals surface area contributed by atoms with Gasteiger partial charge in [0, 0.05) is 11.6 Å². The molecule has 1 heterocycles. The van der Waals surface area contributed by atoms with E-state index in [9.17, 15) is 23.3 Å². The lowest BCUT2D eigenvalue weighted by Crippen LogP contribution is -2.17. The summed E-state index contributed by atoms with van der Waals surface area (Å²) in [5.74, 6) is -0.722. The second-order valence-electron chi connectivity index (χ2n) is 6.77. The molecule has 0 aliphatic heterocycles. The average Bonchev–Trinajstić information content (AvgIpc) is 3.23. The van der Waals surface area contributed by atoms with E-state index in [1.54, 1.807) is 24.3 Å². The highest BCUT2D eigenvalue weighted by Gasteiger charge is 2.32. The monoisotopic (exact) mass is 441 g/mol. The van der Waals surface area contributed by atoms with Crippen molar-refractivity contribution in [1.29, 1.82) is 0 Å². The lowest BCUT2D eigenvalue weighted by atomic mass is 9.97. The van der Waals surface area contributed by atoms with E-state index in [1.807, 2.05) is 19.1 Å². The molecule has 3 aromatic carbocycles. The number of nitrogens with zero attached hydrogens (tertiary/aromatic N) is 3. The largest absolute Gasteiger partial charge is 0.573 e. The van der Waals surface area contributed by atoms with Crippen molar-refractivity contribution in [3.05, 3.63) is 82.4 Å². The second-order valence-corrected chi connectivity index (χ2v) is 6.77. The number of rotatable bonds is 5. The van der Waals surface area contributed by atoms with Gasteiger partial charge in [0.25, 0.3) is 11.6 Å². The predicted octanol–water partition coefficient (Wildman–Crippen LogP) is 6.19. The standard InChI is InChI=1S/C22H14F3N3O4/c1-13-6-2-3-7-15(13)16-11-10-14(12-18(16)28(29)30)21-26-20(27-32-21)17-8-4-5-9-19(17)31-22(23,24)25/h2-12H,1H3. The molecule has 32 heavy (non-hydrogen) atoms. The van der Waals surface area contributed by atoms with Crippen molar-refractivity contribution < 1.29 is 27.4 Å². The second kappa shape index (κ2) is 8.14. The normalized spacial score (nSPS) is 11.4. The van der Waals surface area contributed by atoms with Crippen LogP contribution in [0.4, 0.5) is 18.9 Å².